The number of H-pyrrole nitrogens is 1. The number of carbonyl (C=O) groups excluding carboxylic acids is 1. The highest BCUT2D eigenvalue weighted by atomic mass is 16.2. The van der Waals surface area contributed by atoms with E-state index in [1.54, 1.807) is 24.3 Å². The lowest BCUT2D eigenvalue weighted by atomic mass is 9.83. The molecule has 10 heteroatoms. The highest BCUT2D eigenvalue weighted by Gasteiger charge is 2.45. The van der Waals surface area contributed by atoms with Crippen LogP contribution in [0.15, 0.2) is 46.1 Å². The van der Waals surface area contributed by atoms with E-state index in [0.29, 0.717) is 37.6 Å². The number of nitrogens with zero attached hydrogens (tertiary/aromatic N) is 5. The summed E-state index contributed by atoms with van der Waals surface area (Å²) in [5, 5.41) is 0.235. The Morgan fingerprint density at radius 2 is 1.70 bits per heavy atom. The average molecular weight is 450 g/mol. The molecule has 5 rings (SSSR count). The molecule has 1 amide bonds. The van der Waals surface area contributed by atoms with E-state index >= 15 is 0 Å². The maximum atomic E-state index is 13.0. The van der Waals surface area contributed by atoms with Crippen molar-refractivity contribution in [2.24, 2.45) is 5.73 Å². The molecule has 4 heterocycles. The molecule has 3 aromatic rings. The molecule has 2 saturated heterocycles. The molecule has 0 saturated carbocycles. The second-order valence-electron chi connectivity index (χ2n) is 8.77. The molecule has 0 unspecified atom stereocenters. The number of amides is 1. The number of anilines is 1. The molecule has 10 nitrogen and oxygen atoms in total. The highest BCUT2D eigenvalue weighted by molar-refractivity contribution is 5.85. The first-order chi connectivity index (χ1) is 16.0. The summed E-state index contributed by atoms with van der Waals surface area (Å²) < 4.78 is 1.08. The fourth-order valence-corrected chi connectivity index (χ4v) is 5.08. The third kappa shape index (κ3) is 3.70. The predicted molar refractivity (Wildman–Crippen MR) is 125 cm³/mol. The maximum Gasteiger partial charge on any atom is 0.334 e. The molecule has 0 spiro atoms. The van der Waals surface area contributed by atoms with E-state index in [2.05, 4.69) is 19.9 Å². The fraction of sp³-hybridized carbons (Fsp3) is 0.435. The number of nitrogens with one attached hydrogen (secondary N) is 1. The van der Waals surface area contributed by atoms with Gasteiger partial charge in [0.05, 0.1) is 5.69 Å². The lowest BCUT2D eigenvalue weighted by Crippen LogP contribution is -2.63. The SMILES string of the molecule is NC(=O)C1(N2CCCCC2)CCN(c2ncc3c(=O)n(-c4ccccc4)c(=O)[nH]c3n2)CC1. The van der Waals surface area contributed by atoms with E-state index in [0.717, 1.165) is 30.5 Å². The van der Waals surface area contributed by atoms with Gasteiger partial charge in [-0.25, -0.2) is 14.3 Å². The molecule has 0 bridgehead atoms. The Kier molecular flexibility index (Phi) is 5.45. The van der Waals surface area contributed by atoms with Crippen LogP contribution >= 0.6 is 0 Å². The monoisotopic (exact) mass is 449 g/mol. The Balaban J connectivity index is 1.43. The van der Waals surface area contributed by atoms with Crippen LogP contribution in [0.2, 0.25) is 0 Å². The smallest absolute Gasteiger partial charge is 0.334 e. The Bertz CT molecular complexity index is 1290. The van der Waals surface area contributed by atoms with Crippen LogP contribution in [-0.2, 0) is 4.79 Å². The second-order valence-corrected chi connectivity index (χ2v) is 8.77. The third-order valence-corrected chi connectivity index (χ3v) is 6.95. The molecule has 2 aromatic heterocycles. The van der Waals surface area contributed by atoms with E-state index in [1.165, 1.54) is 12.6 Å². The quantitative estimate of drug-likeness (QED) is 0.602. The number of carbonyl (C=O) groups is 1. The van der Waals surface area contributed by atoms with Gasteiger partial charge in [0.1, 0.15) is 10.9 Å². The first-order valence-electron chi connectivity index (χ1n) is 11.4. The van der Waals surface area contributed by atoms with E-state index in [-0.39, 0.29) is 16.9 Å². The summed E-state index contributed by atoms with van der Waals surface area (Å²) in [7, 11) is 0. The van der Waals surface area contributed by atoms with Crippen LogP contribution in [0.5, 0.6) is 0 Å². The van der Waals surface area contributed by atoms with Crippen molar-refractivity contribution in [3.63, 3.8) is 0 Å². The van der Waals surface area contributed by atoms with Crippen molar-refractivity contribution in [3.05, 3.63) is 57.4 Å². The van der Waals surface area contributed by atoms with Gasteiger partial charge in [-0.2, -0.15) is 4.98 Å². The number of hydrogen-bond donors (Lipinski definition) is 2. The van der Waals surface area contributed by atoms with Gasteiger partial charge in [-0.15, -0.1) is 0 Å². The Morgan fingerprint density at radius 3 is 2.36 bits per heavy atom. The van der Waals surface area contributed by atoms with E-state index in [9.17, 15) is 14.4 Å². The van der Waals surface area contributed by atoms with Gasteiger partial charge in [0.15, 0.2) is 5.65 Å². The van der Waals surface area contributed by atoms with E-state index in [4.69, 9.17) is 5.73 Å². The molecule has 172 valence electrons. The van der Waals surface area contributed by atoms with Gasteiger partial charge >= 0.3 is 5.69 Å². The van der Waals surface area contributed by atoms with Crippen molar-refractivity contribution < 1.29 is 4.79 Å². The number of primary amides is 1. The number of aromatic nitrogens is 4. The maximum absolute atomic E-state index is 13.0. The van der Waals surface area contributed by atoms with Gasteiger partial charge in [0, 0.05) is 19.3 Å². The van der Waals surface area contributed by atoms with Gasteiger partial charge in [-0.3, -0.25) is 19.5 Å². The van der Waals surface area contributed by atoms with Gasteiger partial charge < -0.3 is 10.6 Å². The zero-order chi connectivity index (χ0) is 23.0. The van der Waals surface area contributed by atoms with Crippen LogP contribution in [0.4, 0.5) is 5.95 Å². The topological polar surface area (TPSA) is 130 Å². The minimum Gasteiger partial charge on any atom is -0.368 e. The summed E-state index contributed by atoms with van der Waals surface area (Å²) in [6.45, 7) is 2.92. The van der Waals surface area contributed by atoms with Gasteiger partial charge in [0.2, 0.25) is 11.9 Å². The molecule has 0 atom stereocenters. The van der Waals surface area contributed by atoms with Gasteiger partial charge in [0.25, 0.3) is 5.56 Å². The number of para-hydroxylation sites is 1. The largest absolute Gasteiger partial charge is 0.368 e. The van der Waals surface area contributed by atoms with Crippen LogP contribution in [0.25, 0.3) is 16.7 Å². The summed E-state index contributed by atoms with van der Waals surface area (Å²) in [6.07, 6.45) is 6.00. The van der Waals surface area contributed by atoms with Crippen molar-refractivity contribution in [1.82, 2.24) is 24.4 Å². The van der Waals surface area contributed by atoms with Crippen LogP contribution in [0, 0.1) is 0 Å². The van der Waals surface area contributed by atoms with Gasteiger partial charge in [-0.1, -0.05) is 24.6 Å². The minimum absolute atomic E-state index is 0.199. The summed E-state index contributed by atoms with van der Waals surface area (Å²) in [4.78, 5) is 53.9. The fourth-order valence-electron chi connectivity index (χ4n) is 5.08. The average Bonchev–Trinajstić information content (AvgIpc) is 2.85. The predicted octanol–water partition coefficient (Wildman–Crippen LogP) is 0.779. The lowest BCUT2D eigenvalue weighted by molar-refractivity contribution is -0.132. The van der Waals surface area contributed by atoms with Crippen molar-refractivity contribution in [2.45, 2.75) is 37.6 Å². The first kappa shape index (κ1) is 21.3. The van der Waals surface area contributed by atoms with Crippen molar-refractivity contribution in [2.75, 3.05) is 31.1 Å². The Labute approximate surface area is 190 Å². The first-order valence-corrected chi connectivity index (χ1v) is 11.4. The summed E-state index contributed by atoms with van der Waals surface area (Å²) in [6, 6.07) is 8.72. The number of benzene rings is 1. The number of likely N-dealkylation sites (tertiary alicyclic amines) is 1. The molecule has 2 fully saturated rings. The molecule has 2 aliphatic rings. The van der Waals surface area contributed by atoms with Crippen molar-refractivity contribution in [1.29, 1.82) is 0 Å². The minimum atomic E-state index is -0.633. The number of fused-ring (bicyclic) bond motifs is 1. The molecule has 0 aliphatic carbocycles. The molecular formula is C23H27N7O3. The van der Waals surface area contributed by atoms with Crippen molar-refractivity contribution in [3.8, 4) is 5.69 Å². The molecule has 2 aliphatic heterocycles. The number of nitrogens with two attached hydrogens (primary N) is 1. The zero-order valence-corrected chi connectivity index (χ0v) is 18.4. The molecule has 3 N–H and O–H groups in total. The zero-order valence-electron chi connectivity index (χ0n) is 18.4. The summed E-state index contributed by atoms with van der Waals surface area (Å²) in [5.41, 5.74) is 4.90. The molecule has 1 aromatic carbocycles. The number of piperidine rings is 2. The lowest BCUT2D eigenvalue weighted by Gasteiger charge is -2.48. The van der Waals surface area contributed by atoms with Gasteiger partial charge in [-0.05, 0) is 50.9 Å². The van der Waals surface area contributed by atoms with Crippen LogP contribution in [0.1, 0.15) is 32.1 Å². The summed E-state index contributed by atoms with van der Waals surface area (Å²) in [5.74, 6) is 0.154. The Morgan fingerprint density at radius 1 is 1.00 bits per heavy atom. The standard InChI is InChI=1S/C23H27N7O3/c24-20(32)23(29-11-5-2-6-12-29)9-13-28(14-10-23)21-25-15-17-18(26-21)27-22(33)30(19(17)31)16-7-3-1-4-8-16/h1,3-4,7-8,15H,2,5-6,9-14H2,(H2,24,32)(H,25,26,27,33). The van der Waals surface area contributed by atoms with Crippen LogP contribution in [0.3, 0.4) is 0 Å². The van der Waals surface area contributed by atoms with Crippen LogP contribution in [-0.4, -0.2) is 62.0 Å². The van der Waals surface area contributed by atoms with Crippen molar-refractivity contribution >= 4 is 22.9 Å². The number of aromatic amines is 1. The van der Waals surface area contributed by atoms with E-state index in [1.807, 2.05) is 11.0 Å². The second kappa shape index (κ2) is 8.43. The molecular weight excluding hydrogens is 422 g/mol. The normalized spacial score (nSPS) is 19.0. The summed E-state index contributed by atoms with van der Waals surface area (Å²) >= 11 is 0. The number of hydrogen-bond acceptors (Lipinski definition) is 7. The van der Waals surface area contributed by atoms with E-state index < -0.39 is 16.8 Å². The highest BCUT2D eigenvalue weighted by Crippen LogP contribution is 2.32. The number of rotatable bonds is 4. The Hall–Kier alpha value is -3.53. The molecule has 33 heavy (non-hydrogen) atoms. The third-order valence-electron chi connectivity index (χ3n) is 6.95. The van der Waals surface area contributed by atoms with Crippen LogP contribution < -0.4 is 21.9 Å². The molecule has 0 radical (unpaired) electrons.